The highest BCUT2D eigenvalue weighted by atomic mass is 32.2. The van der Waals surface area contributed by atoms with E-state index in [-0.39, 0.29) is 23.0 Å². The maximum absolute atomic E-state index is 12.5. The van der Waals surface area contributed by atoms with Crippen LogP contribution < -0.4 is 4.72 Å². The molecule has 0 heterocycles. The van der Waals surface area contributed by atoms with Crippen LogP contribution in [0.1, 0.15) is 58.8 Å². The van der Waals surface area contributed by atoms with Gasteiger partial charge in [0.05, 0.1) is 5.75 Å². The Labute approximate surface area is 121 Å². The number of Topliss-reactive ketones (excluding diaryl/α,β-unsaturated/α-hetero) is 1. The van der Waals surface area contributed by atoms with Crippen molar-refractivity contribution in [2.45, 2.75) is 64.8 Å². The molecule has 0 radical (unpaired) electrons. The average Bonchev–Trinajstić information content (AvgIpc) is 2.94. The number of fused-ring (bicyclic) bond motifs is 2. The summed E-state index contributed by atoms with van der Waals surface area (Å²) in [6.45, 7) is 4.17. The maximum Gasteiger partial charge on any atom is 0.212 e. The highest BCUT2D eigenvalue weighted by Crippen LogP contribution is 2.64. The fraction of sp³-hybridized carbons (Fsp3) is 0.933. The molecule has 5 heteroatoms. The van der Waals surface area contributed by atoms with Crippen LogP contribution in [-0.2, 0) is 14.8 Å². The van der Waals surface area contributed by atoms with Crippen LogP contribution in [0.5, 0.6) is 0 Å². The second kappa shape index (κ2) is 4.54. The second-order valence-electron chi connectivity index (χ2n) is 7.53. The Hall–Kier alpha value is -0.420. The first kappa shape index (κ1) is 14.5. The lowest BCUT2D eigenvalue weighted by Gasteiger charge is -2.36. The molecule has 3 rings (SSSR count). The number of hydrogen-bond acceptors (Lipinski definition) is 3. The van der Waals surface area contributed by atoms with Crippen LogP contribution in [0.25, 0.3) is 0 Å². The SMILES string of the molecule is CC1(C)[C@H]2CC[C@@]1(CS(=O)(=O)NC1CCCC1)C(=O)C2. The van der Waals surface area contributed by atoms with Crippen LogP contribution in [0.15, 0.2) is 0 Å². The van der Waals surface area contributed by atoms with Crippen LogP contribution >= 0.6 is 0 Å². The minimum Gasteiger partial charge on any atom is -0.299 e. The normalized spacial score (nSPS) is 36.9. The van der Waals surface area contributed by atoms with Gasteiger partial charge in [-0.2, -0.15) is 0 Å². The summed E-state index contributed by atoms with van der Waals surface area (Å²) in [6.07, 6.45) is 6.40. The summed E-state index contributed by atoms with van der Waals surface area (Å²) in [5.41, 5.74) is -0.809. The van der Waals surface area contributed by atoms with Crippen molar-refractivity contribution in [2.75, 3.05) is 5.75 Å². The summed E-state index contributed by atoms with van der Waals surface area (Å²) in [6, 6.07) is 0.0909. The molecule has 20 heavy (non-hydrogen) atoms. The zero-order valence-electron chi connectivity index (χ0n) is 12.4. The molecule has 114 valence electrons. The van der Waals surface area contributed by atoms with Crippen LogP contribution in [0.4, 0.5) is 0 Å². The van der Waals surface area contributed by atoms with E-state index in [0.717, 1.165) is 38.5 Å². The molecule has 4 nitrogen and oxygen atoms in total. The van der Waals surface area contributed by atoms with Gasteiger partial charge in [0.25, 0.3) is 0 Å². The standard InChI is InChI=1S/C15H25NO3S/c1-14(2)11-7-8-15(14,13(17)9-11)10-20(18,19)16-12-5-3-4-6-12/h11-12,16H,3-10H2,1-2H3/t11-,15+/m0/s1. The molecule has 0 aromatic carbocycles. The van der Waals surface area contributed by atoms with E-state index in [2.05, 4.69) is 18.6 Å². The molecule has 2 bridgehead atoms. The van der Waals surface area contributed by atoms with Crippen molar-refractivity contribution in [2.24, 2.45) is 16.7 Å². The van der Waals surface area contributed by atoms with Gasteiger partial charge in [-0.15, -0.1) is 0 Å². The van der Waals surface area contributed by atoms with Gasteiger partial charge in [0.2, 0.25) is 10.0 Å². The van der Waals surface area contributed by atoms with E-state index in [4.69, 9.17) is 0 Å². The fourth-order valence-electron chi connectivity index (χ4n) is 4.77. The Bertz CT molecular complexity index is 519. The van der Waals surface area contributed by atoms with E-state index < -0.39 is 15.4 Å². The molecule has 0 aromatic rings. The number of hydrogen-bond donors (Lipinski definition) is 1. The summed E-state index contributed by atoms with van der Waals surface area (Å²) in [5, 5.41) is 0. The first-order chi connectivity index (χ1) is 9.27. The van der Waals surface area contributed by atoms with Gasteiger partial charge in [-0.05, 0) is 37.0 Å². The molecule has 1 N–H and O–H groups in total. The van der Waals surface area contributed by atoms with E-state index in [1.807, 2.05) is 0 Å². The van der Waals surface area contributed by atoms with Crippen LogP contribution in [0.3, 0.4) is 0 Å². The second-order valence-corrected chi connectivity index (χ2v) is 9.28. The van der Waals surface area contributed by atoms with Crippen molar-refractivity contribution < 1.29 is 13.2 Å². The smallest absolute Gasteiger partial charge is 0.212 e. The van der Waals surface area contributed by atoms with Gasteiger partial charge in [-0.1, -0.05) is 26.7 Å². The lowest BCUT2D eigenvalue weighted by molar-refractivity contribution is -0.128. The number of carbonyl (C=O) groups is 1. The monoisotopic (exact) mass is 299 g/mol. The molecule has 3 aliphatic carbocycles. The Morgan fingerprint density at radius 2 is 1.85 bits per heavy atom. The molecule has 3 fully saturated rings. The van der Waals surface area contributed by atoms with E-state index >= 15 is 0 Å². The minimum absolute atomic E-state index is 0.00116. The number of ketones is 1. The average molecular weight is 299 g/mol. The fourth-order valence-corrected chi connectivity index (χ4v) is 6.92. The van der Waals surface area contributed by atoms with Gasteiger partial charge in [0.15, 0.2) is 0 Å². The molecule has 0 saturated heterocycles. The van der Waals surface area contributed by atoms with E-state index in [1.54, 1.807) is 0 Å². The lowest BCUT2D eigenvalue weighted by atomic mass is 9.70. The minimum atomic E-state index is -3.37. The molecule has 0 aliphatic heterocycles. The predicted molar refractivity (Wildman–Crippen MR) is 77.7 cm³/mol. The van der Waals surface area contributed by atoms with Gasteiger partial charge in [0.1, 0.15) is 5.78 Å². The van der Waals surface area contributed by atoms with Gasteiger partial charge in [0, 0.05) is 17.9 Å². The molecule has 0 amide bonds. The molecule has 0 spiro atoms. The number of rotatable bonds is 4. The summed E-state index contributed by atoms with van der Waals surface area (Å²) in [7, 11) is -3.37. The molecular weight excluding hydrogens is 274 g/mol. The van der Waals surface area contributed by atoms with Crippen LogP contribution in [0.2, 0.25) is 0 Å². The first-order valence-corrected chi connectivity index (χ1v) is 9.45. The Kier molecular flexibility index (Phi) is 3.29. The molecule has 3 saturated carbocycles. The molecule has 0 unspecified atom stereocenters. The molecular formula is C15H25NO3S. The van der Waals surface area contributed by atoms with Gasteiger partial charge in [-0.3, -0.25) is 4.79 Å². The third-order valence-corrected chi connectivity index (χ3v) is 7.84. The van der Waals surface area contributed by atoms with Crippen molar-refractivity contribution in [1.29, 1.82) is 0 Å². The van der Waals surface area contributed by atoms with Gasteiger partial charge in [-0.25, -0.2) is 13.1 Å². The zero-order valence-corrected chi connectivity index (χ0v) is 13.3. The van der Waals surface area contributed by atoms with Gasteiger partial charge < -0.3 is 0 Å². The summed E-state index contributed by atoms with van der Waals surface area (Å²) < 4.78 is 27.8. The maximum atomic E-state index is 12.5. The number of sulfonamides is 1. The third-order valence-electron chi connectivity index (χ3n) is 6.28. The first-order valence-electron chi connectivity index (χ1n) is 7.80. The largest absolute Gasteiger partial charge is 0.299 e. The van der Waals surface area contributed by atoms with Crippen molar-refractivity contribution in [3.8, 4) is 0 Å². The number of nitrogens with one attached hydrogen (secondary N) is 1. The van der Waals surface area contributed by atoms with E-state index in [1.165, 1.54) is 0 Å². The topological polar surface area (TPSA) is 63.2 Å². The summed E-state index contributed by atoms with van der Waals surface area (Å²) >= 11 is 0. The van der Waals surface area contributed by atoms with Crippen molar-refractivity contribution in [1.82, 2.24) is 4.72 Å². The quantitative estimate of drug-likeness (QED) is 0.866. The zero-order chi connectivity index (χ0) is 14.6. The van der Waals surface area contributed by atoms with E-state index in [0.29, 0.717) is 12.3 Å². The molecule has 0 aromatic heterocycles. The predicted octanol–water partition coefficient (Wildman–Crippen LogP) is 2.24. The Balaban J connectivity index is 1.80. The Morgan fingerprint density at radius 3 is 2.35 bits per heavy atom. The van der Waals surface area contributed by atoms with Crippen molar-refractivity contribution >= 4 is 15.8 Å². The summed E-state index contributed by atoms with van der Waals surface area (Å²) in [4.78, 5) is 12.4. The Morgan fingerprint density at radius 1 is 1.20 bits per heavy atom. The summed E-state index contributed by atoms with van der Waals surface area (Å²) in [5.74, 6) is 0.547. The highest BCUT2D eigenvalue weighted by molar-refractivity contribution is 7.89. The third kappa shape index (κ3) is 2.05. The van der Waals surface area contributed by atoms with E-state index in [9.17, 15) is 13.2 Å². The van der Waals surface area contributed by atoms with Gasteiger partial charge >= 0.3 is 0 Å². The number of carbonyl (C=O) groups excluding carboxylic acids is 1. The highest BCUT2D eigenvalue weighted by Gasteiger charge is 2.65. The lowest BCUT2D eigenvalue weighted by Crippen LogP contribution is -2.47. The van der Waals surface area contributed by atoms with Crippen molar-refractivity contribution in [3.05, 3.63) is 0 Å². The molecule has 2 atom stereocenters. The van der Waals surface area contributed by atoms with Crippen LogP contribution in [0, 0.1) is 16.7 Å². The van der Waals surface area contributed by atoms with Crippen molar-refractivity contribution in [3.63, 3.8) is 0 Å². The van der Waals surface area contributed by atoms with Crippen LogP contribution in [-0.4, -0.2) is 26.0 Å². The molecule has 3 aliphatic rings.